The molecule has 152 valence electrons. The molecule has 0 radical (unpaired) electrons. The number of rotatable bonds is 3. The number of likely N-dealkylation sites (tertiary alicyclic amines) is 2. The first-order valence-electron chi connectivity index (χ1n) is 8.81. The van der Waals surface area contributed by atoms with E-state index in [1.54, 1.807) is 11.3 Å². The number of carboxylic acids is 1. The minimum Gasteiger partial charge on any atom is -0.475 e. The molecule has 2 aliphatic heterocycles. The first-order valence-corrected chi connectivity index (χ1v) is 9.69. The fourth-order valence-electron chi connectivity index (χ4n) is 4.17. The molecule has 2 fully saturated rings. The molecule has 1 N–H and O–H groups in total. The molecule has 2 aliphatic rings. The molecular weight excluding hydrogens is 383 g/mol. The van der Waals surface area contributed by atoms with Crippen molar-refractivity contribution in [1.82, 2.24) is 14.8 Å². The summed E-state index contributed by atoms with van der Waals surface area (Å²) in [6, 6.07) is 0.469. The van der Waals surface area contributed by atoms with E-state index in [-0.39, 0.29) is 5.54 Å². The van der Waals surface area contributed by atoms with Crippen LogP contribution in [0.4, 0.5) is 13.2 Å². The number of nitrogens with zero attached hydrogens (tertiary/aromatic N) is 3. The molecule has 6 nitrogen and oxygen atoms in total. The standard InChI is InChI=1S/C15H23N3OS.C2HF3O2/c1-3-12-15(7-5-14(19)17(15)2)6-4-9-18(12)11-13-16-8-10-20-13;3-2(4,5)1(6)7/h8,10,12H,3-7,9,11H2,1-2H3;(H,6,7)/t12-,15-;/m0./s1. The van der Waals surface area contributed by atoms with Gasteiger partial charge in [0.05, 0.1) is 12.1 Å². The first kappa shape index (κ1) is 21.6. The van der Waals surface area contributed by atoms with Gasteiger partial charge in [-0.15, -0.1) is 11.3 Å². The molecule has 2 saturated heterocycles. The first-order chi connectivity index (χ1) is 12.6. The third kappa shape index (κ3) is 4.78. The molecule has 3 rings (SSSR count). The monoisotopic (exact) mass is 407 g/mol. The van der Waals surface area contributed by atoms with Crippen LogP contribution in [0.25, 0.3) is 0 Å². The normalized spacial score (nSPS) is 26.2. The highest BCUT2D eigenvalue weighted by molar-refractivity contribution is 7.09. The number of carboxylic acid groups (broad SMARTS) is 1. The number of carbonyl (C=O) groups excluding carboxylic acids is 1. The van der Waals surface area contributed by atoms with E-state index in [1.165, 1.54) is 11.4 Å². The van der Waals surface area contributed by atoms with Gasteiger partial charge < -0.3 is 10.0 Å². The van der Waals surface area contributed by atoms with Crippen LogP contribution >= 0.6 is 11.3 Å². The molecule has 0 aliphatic carbocycles. The van der Waals surface area contributed by atoms with Crippen LogP contribution < -0.4 is 0 Å². The van der Waals surface area contributed by atoms with E-state index < -0.39 is 12.1 Å². The zero-order chi connectivity index (χ0) is 20.2. The Balaban J connectivity index is 0.000000321. The summed E-state index contributed by atoms with van der Waals surface area (Å²) in [7, 11) is 2.00. The average molecular weight is 407 g/mol. The van der Waals surface area contributed by atoms with Gasteiger partial charge in [-0.3, -0.25) is 9.69 Å². The molecule has 1 amide bonds. The molecule has 27 heavy (non-hydrogen) atoms. The second-order valence-corrected chi connectivity index (χ2v) is 7.76. The Bertz CT molecular complexity index is 654. The van der Waals surface area contributed by atoms with Gasteiger partial charge in [-0.1, -0.05) is 6.92 Å². The van der Waals surface area contributed by atoms with Crippen LogP contribution in [0.5, 0.6) is 0 Å². The van der Waals surface area contributed by atoms with E-state index in [4.69, 9.17) is 9.90 Å². The van der Waals surface area contributed by atoms with Crippen molar-refractivity contribution in [3.05, 3.63) is 16.6 Å². The average Bonchev–Trinajstić information content (AvgIpc) is 3.20. The van der Waals surface area contributed by atoms with Gasteiger partial charge in [0, 0.05) is 31.1 Å². The Kier molecular flexibility index (Phi) is 6.85. The van der Waals surface area contributed by atoms with Crippen molar-refractivity contribution < 1.29 is 27.9 Å². The summed E-state index contributed by atoms with van der Waals surface area (Å²) in [5.41, 5.74) is 0.0708. The van der Waals surface area contributed by atoms with Crippen molar-refractivity contribution in [3.8, 4) is 0 Å². The SMILES string of the molecule is CC[C@@H]1N(Cc2nccs2)CCC[C@]12CCC(=O)N2C.O=C(O)C(F)(F)F. The molecule has 0 saturated carbocycles. The molecule has 1 aromatic rings. The van der Waals surface area contributed by atoms with Gasteiger partial charge >= 0.3 is 12.1 Å². The number of carbonyl (C=O) groups is 2. The van der Waals surface area contributed by atoms with E-state index >= 15 is 0 Å². The summed E-state index contributed by atoms with van der Waals surface area (Å²) in [5.74, 6) is -2.44. The van der Waals surface area contributed by atoms with Crippen LogP contribution in [0, 0.1) is 0 Å². The number of thiazole rings is 1. The maximum atomic E-state index is 12.0. The van der Waals surface area contributed by atoms with Crippen molar-refractivity contribution in [3.63, 3.8) is 0 Å². The van der Waals surface area contributed by atoms with Gasteiger partial charge in [0.2, 0.25) is 5.91 Å². The summed E-state index contributed by atoms with van der Waals surface area (Å²) >= 11 is 1.73. The molecule has 0 aromatic carbocycles. The van der Waals surface area contributed by atoms with E-state index in [0.29, 0.717) is 11.9 Å². The highest BCUT2D eigenvalue weighted by Gasteiger charge is 2.51. The number of hydrogen-bond acceptors (Lipinski definition) is 5. The lowest BCUT2D eigenvalue weighted by Gasteiger charge is -2.51. The number of halogens is 3. The van der Waals surface area contributed by atoms with Gasteiger partial charge in [0.15, 0.2) is 0 Å². The minimum atomic E-state index is -5.08. The van der Waals surface area contributed by atoms with Crippen LogP contribution in [-0.4, -0.2) is 63.1 Å². The molecule has 2 atom stereocenters. The summed E-state index contributed by atoms with van der Waals surface area (Å²) < 4.78 is 31.7. The van der Waals surface area contributed by atoms with Crippen LogP contribution in [0.2, 0.25) is 0 Å². The number of piperidine rings is 1. The highest BCUT2D eigenvalue weighted by atomic mass is 32.1. The third-order valence-electron chi connectivity index (χ3n) is 5.38. The number of aliphatic carboxylic acids is 1. The maximum absolute atomic E-state index is 12.0. The van der Waals surface area contributed by atoms with E-state index in [1.807, 2.05) is 18.6 Å². The van der Waals surface area contributed by atoms with Crippen LogP contribution in [0.15, 0.2) is 11.6 Å². The van der Waals surface area contributed by atoms with Crippen molar-refractivity contribution in [1.29, 1.82) is 0 Å². The Hall–Kier alpha value is -1.68. The summed E-state index contributed by atoms with van der Waals surface area (Å²) in [5, 5.41) is 10.4. The quantitative estimate of drug-likeness (QED) is 0.833. The van der Waals surface area contributed by atoms with Gasteiger partial charge in [0.1, 0.15) is 5.01 Å². The Morgan fingerprint density at radius 1 is 1.44 bits per heavy atom. The Morgan fingerprint density at radius 3 is 2.56 bits per heavy atom. The van der Waals surface area contributed by atoms with Gasteiger partial charge in [-0.2, -0.15) is 13.2 Å². The molecule has 10 heteroatoms. The number of likely N-dealkylation sites (N-methyl/N-ethyl adjacent to an activating group) is 1. The highest BCUT2D eigenvalue weighted by Crippen LogP contribution is 2.42. The summed E-state index contributed by atoms with van der Waals surface area (Å²) in [6.07, 6.45) is 1.98. The third-order valence-corrected chi connectivity index (χ3v) is 6.15. The van der Waals surface area contributed by atoms with Crippen molar-refractivity contribution in [2.24, 2.45) is 0 Å². The molecule has 0 unspecified atom stereocenters. The zero-order valence-electron chi connectivity index (χ0n) is 15.3. The predicted molar refractivity (Wildman–Crippen MR) is 94.3 cm³/mol. The van der Waals surface area contributed by atoms with Crippen LogP contribution in [0.3, 0.4) is 0 Å². The van der Waals surface area contributed by atoms with Crippen molar-refractivity contribution in [2.75, 3.05) is 13.6 Å². The number of amides is 1. The van der Waals surface area contributed by atoms with E-state index in [0.717, 1.165) is 38.8 Å². The van der Waals surface area contributed by atoms with Crippen LogP contribution in [0.1, 0.15) is 44.0 Å². The second-order valence-electron chi connectivity index (χ2n) is 6.78. The summed E-state index contributed by atoms with van der Waals surface area (Å²) in [4.78, 5) is 30.0. The lowest BCUT2D eigenvalue weighted by molar-refractivity contribution is -0.192. The number of hydrogen-bond donors (Lipinski definition) is 1. The van der Waals surface area contributed by atoms with Gasteiger partial charge in [-0.05, 0) is 32.2 Å². The molecule has 3 heterocycles. The lowest BCUT2D eigenvalue weighted by Crippen LogP contribution is -2.61. The van der Waals surface area contributed by atoms with Gasteiger partial charge in [0.25, 0.3) is 0 Å². The van der Waals surface area contributed by atoms with E-state index in [9.17, 15) is 18.0 Å². The lowest BCUT2D eigenvalue weighted by atomic mass is 9.77. The van der Waals surface area contributed by atoms with E-state index in [2.05, 4.69) is 21.7 Å². The summed E-state index contributed by atoms with van der Waals surface area (Å²) in [6.45, 7) is 4.31. The second kappa shape index (κ2) is 8.55. The largest absolute Gasteiger partial charge is 0.490 e. The Labute approximate surface area is 160 Å². The zero-order valence-corrected chi connectivity index (χ0v) is 16.1. The van der Waals surface area contributed by atoms with Gasteiger partial charge in [-0.25, -0.2) is 9.78 Å². The predicted octanol–water partition coefficient (Wildman–Crippen LogP) is 3.14. The fourth-order valence-corrected chi connectivity index (χ4v) is 4.81. The Morgan fingerprint density at radius 2 is 2.11 bits per heavy atom. The van der Waals surface area contributed by atoms with Crippen molar-refractivity contribution >= 4 is 23.2 Å². The molecule has 1 aromatic heterocycles. The number of aromatic nitrogens is 1. The number of alkyl halides is 3. The maximum Gasteiger partial charge on any atom is 0.490 e. The van der Waals surface area contributed by atoms with Crippen molar-refractivity contribution in [2.45, 2.75) is 63.3 Å². The topological polar surface area (TPSA) is 73.7 Å². The molecule has 1 spiro atoms. The fraction of sp³-hybridized carbons (Fsp3) is 0.706. The smallest absolute Gasteiger partial charge is 0.475 e. The minimum absolute atomic E-state index is 0.0708. The molecular formula is C17H24F3N3O3S. The van der Waals surface area contributed by atoms with Crippen LogP contribution in [-0.2, 0) is 16.1 Å². The molecule has 0 bridgehead atoms.